The van der Waals surface area contributed by atoms with Crippen molar-refractivity contribution >= 4 is 23.4 Å². The number of benzene rings is 1. The number of aryl methyl sites for hydroxylation is 1. The monoisotopic (exact) mass is 339 g/mol. The molecule has 0 bridgehead atoms. The van der Waals surface area contributed by atoms with Crippen molar-refractivity contribution < 1.29 is 4.79 Å². The summed E-state index contributed by atoms with van der Waals surface area (Å²) in [6.45, 7) is 2.59. The highest BCUT2D eigenvalue weighted by Gasteiger charge is 2.11. The van der Waals surface area contributed by atoms with E-state index in [4.69, 9.17) is 0 Å². The fourth-order valence-corrected chi connectivity index (χ4v) is 2.58. The number of imidazole rings is 1. The first-order valence-corrected chi connectivity index (χ1v) is 8.63. The van der Waals surface area contributed by atoms with E-state index in [0.717, 1.165) is 17.1 Å². The van der Waals surface area contributed by atoms with Crippen molar-refractivity contribution in [2.24, 2.45) is 0 Å². The summed E-state index contributed by atoms with van der Waals surface area (Å²) in [5, 5.41) is 3.58. The fraction of sp³-hybridized carbons (Fsp3) is 0.176. The fourth-order valence-electron chi connectivity index (χ4n) is 2.27. The molecule has 7 heteroatoms. The summed E-state index contributed by atoms with van der Waals surface area (Å²) in [6.07, 6.45) is 8.65. The Morgan fingerprint density at radius 1 is 1.21 bits per heavy atom. The van der Waals surface area contributed by atoms with Gasteiger partial charge in [-0.1, -0.05) is 30.0 Å². The third kappa shape index (κ3) is 3.62. The minimum absolute atomic E-state index is 0.225. The first-order valence-electron chi connectivity index (χ1n) is 7.40. The molecule has 0 aliphatic rings. The maximum atomic E-state index is 12.4. The van der Waals surface area contributed by atoms with Gasteiger partial charge in [0, 0.05) is 30.5 Å². The number of hydrogen-bond donors (Lipinski definition) is 1. The van der Waals surface area contributed by atoms with E-state index in [2.05, 4.69) is 20.3 Å². The number of anilines is 1. The van der Waals surface area contributed by atoms with Gasteiger partial charge in [-0.3, -0.25) is 4.79 Å². The number of para-hydroxylation sites is 1. The summed E-state index contributed by atoms with van der Waals surface area (Å²) < 4.78 is 2.03. The highest BCUT2D eigenvalue weighted by Crippen LogP contribution is 2.18. The molecule has 24 heavy (non-hydrogen) atoms. The van der Waals surface area contributed by atoms with Crippen molar-refractivity contribution in [2.45, 2.75) is 18.6 Å². The normalized spacial score (nSPS) is 10.6. The van der Waals surface area contributed by atoms with Crippen LogP contribution < -0.4 is 5.32 Å². The lowest BCUT2D eigenvalue weighted by Gasteiger charge is -2.12. The molecule has 0 atom stereocenters. The predicted molar refractivity (Wildman–Crippen MR) is 94.3 cm³/mol. The van der Waals surface area contributed by atoms with Crippen LogP contribution in [-0.4, -0.2) is 31.7 Å². The van der Waals surface area contributed by atoms with E-state index in [1.165, 1.54) is 24.2 Å². The van der Waals surface area contributed by atoms with Gasteiger partial charge < -0.3 is 9.88 Å². The number of aromatic nitrogens is 4. The third-order valence-corrected chi connectivity index (χ3v) is 4.18. The van der Waals surface area contributed by atoms with Crippen LogP contribution in [0, 0.1) is 6.92 Å². The van der Waals surface area contributed by atoms with Crippen LogP contribution in [0.25, 0.3) is 0 Å². The molecule has 0 unspecified atom stereocenters. The quantitative estimate of drug-likeness (QED) is 0.571. The average molecular weight is 339 g/mol. The van der Waals surface area contributed by atoms with Gasteiger partial charge in [0.1, 0.15) is 5.82 Å². The van der Waals surface area contributed by atoms with Gasteiger partial charge in [-0.05, 0) is 24.8 Å². The van der Waals surface area contributed by atoms with Gasteiger partial charge in [0.05, 0.1) is 12.1 Å². The zero-order valence-corrected chi connectivity index (χ0v) is 14.2. The molecule has 0 spiro atoms. The Morgan fingerprint density at radius 2 is 1.96 bits per heavy atom. The first kappa shape index (κ1) is 16.2. The second kappa shape index (κ2) is 7.27. The van der Waals surface area contributed by atoms with Crippen molar-refractivity contribution in [1.82, 2.24) is 19.5 Å². The number of hydrogen-bond acceptors (Lipinski definition) is 5. The molecule has 6 nitrogen and oxygen atoms in total. The minimum Gasteiger partial charge on any atom is -0.331 e. The van der Waals surface area contributed by atoms with Crippen molar-refractivity contribution in [2.75, 3.05) is 11.6 Å². The molecule has 0 saturated carbocycles. The molecule has 1 aromatic carbocycles. The van der Waals surface area contributed by atoms with Crippen molar-refractivity contribution in [3.8, 4) is 0 Å². The van der Waals surface area contributed by atoms with Gasteiger partial charge in [-0.15, -0.1) is 0 Å². The van der Waals surface area contributed by atoms with Gasteiger partial charge in [-0.25, -0.2) is 15.0 Å². The number of rotatable bonds is 5. The SMILES string of the molecule is CSc1ncc(C(=O)Nc2ccccc2Cn2ccnc2C)cn1. The van der Waals surface area contributed by atoms with E-state index < -0.39 is 0 Å². The molecule has 122 valence electrons. The molecule has 3 rings (SSSR count). The molecule has 0 aliphatic carbocycles. The van der Waals surface area contributed by atoms with E-state index in [-0.39, 0.29) is 5.91 Å². The lowest BCUT2D eigenvalue weighted by atomic mass is 10.1. The van der Waals surface area contributed by atoms with Crippen LogP contribution in [0.2, 0.25) is 0 Å². The molecule has 0 aliphatic heterocycles. The van der Waals surface area contributed by atoms with Gasteiger partial charge in [0.2, 0.25) is 0 Å². The maximum Gasteiger partial charge on any atom is 0.258 e. The summed E-state index contributed by atoms with van der Waals surface area (Å²) in [5.74, 6) is 0.703. The van der Waals surface area contributed by atoms with E-state index in [9.17, 15) is 4.79 Å². The lowest BCUT2D eigenvalue weighted by Crippen LogP contribution is -2.15. The van der Waals surface area contributed by atoms with E-state index in [0.29, 0.717) is 17.3 Å². The number of amides is 1. The summed E-state index contributed by atoms with van der Waals surface area (Å²) in [4.78, 5) is 24.9. The summed E-state index contributed by atoms with van der Waals surface area (Å²) in [5.41, 5.74) is 2.21. The van der Waals surface area contributed by atoms with E-state index in [1.54, 1.807) is 6.20 Å². The molecule has 1 N–H and O–H groups in total. The zero-order valence-electron chi connectivity index (χ0n) is 13.4. The van der Waals surface area contributed by atoms with E-state index in [1.807, 2.05) is 48.2 Å². The largest absolute Gasteiger partial charge is 0.331 e. The Morgan fingerprint density at radius 3 is 2.62 bits per heavy atom. The second-order valence-corrected chi connectivity index (χ2v) is 5.95. The van der Waals surface area contributed by atoms with E-state index >= 15 is 0 Å². The van der Waals surface area contributed by atoms with Crippen LogP contribution >= 0.6 is 11.8 Å². The maximum absolute atomic E-state index is 12.4. The summed E-state index contributed by atoms with van der Waals surface area (Å²) in [6, 6.07) is 7.72. The van der Waals surface area contributed by atoms with Gasteiger partial charge in [-0.2, -0.15) is 0 Å². The molecule has 0 radical (unpaired) electrons. The summed E-state index contributed by atoms with van der Waals surface area (Å²) >= 11 is 1.44. The second-order valence-electron chi connectivity index (χ2n) is 5.17. The Balaban J connectivity index is 1.79. The van der Waals surface area contributed by atoms with Crippen molar-refractivity contribution in [3.05, 3.63) is 66.0 Å². The zero-order chi connectivity index (χ0) is 16.9. The van der Waals surface area contributed by atoms with Crippen LogP contribution in [0.1, 0.15) is 21.7 Å². The minimum atomic E-state index is -0.225. The third-order valence-electron chi connectivity index (χ3n) is 3.60. The molecule has 3 aromatic rings. The average Bonchev–Trinajstić information content (AvgIpc) is 3.01. The van der Waals surface area contributed by atoms with Crippen LogP contribution in [0.4, 0.5) is 5.69 Å². The molecule has 2 heterocycles. The summed E-state index contributed by atoms with van der Waals surface area (Å²) in [7, 11) is 0. The Hall–Kier alpha value is -2.67. The lowest BCUT2D eigenvalue weighted by molar-refractivity contribution is 0.102. The smallest absolute Gasteiger partial charge is 0.258 e. The Labute approximate surface area is 144 Å². The topological polar surface area (TPSA) is 72.7 Å². The van der Waals surface area contributed by atoms with Crippen LogP contribution in [0.5, 0.6) is 0 Å². The molecule has 0 fully saturated rings. The molecular weight excluding hydrogens is 322 g/mol. The number of nitrogens with zero attached hydrogens (tertiary/aromatic N) is 4. The number of carbonyl (C=O) groups is 1. The van der Waals surface area contributed by atoms with Gasteiger partial charge in [0.25, 0.3) is 5.91 Å². The molecule has 2 aromatic heterocycles. The molecule has 0 saturated heterocycles. The number of thioether (sulfide) groups is 1. The predicted octanol–water partition coefficient (Wildman–Crippen LogP) is 3.00. The first-order chi connectivity index (χ1) is 11.7. The van der Waals surface area contributed by atoms with Gasteiger partial charge >= 0.3 is 0 Å². The number of nitrogens with one attached hydrogen (secondary N) is 1. The Bertz CT molecular complexity index is 844. The Kier molecular flexibility index (Phi) is 4.90. The van der Waals surface area contributed by atoms with Crippen molar-refractivity contribution in [1.29, 1.82) is 0 Å². The standard InChI is InChI=1S/C17H17N5OS/c1-12-18-7-8-22(12)11-13-5-3-4-6-15(13)21-16(23)14-9-19-17(24-2)20-10-14/h3-10H,11H2,1-2H3,(H,21,23). The van der Waals surface area contributed by atoms with Gasteiger partial charge in [0.15, 0.2) is 5.16 Å². The van der Waals surface area contributed by atoms with Crippen LogP contribution in [0.3, 0.4) is 0 Å². The van der Waals surface area contributed by atoms with Crippen LogP contribution in [-0.2, 0) is 6.54 Å². The van der Waals surface area contributed by atoms with Crippen LogP contribution in [0.15, 0.2) is 54.2 Å². The van der Waals surface area contributed by atoms with Crippen molar-refractivity contribution in [3.63, 3.8) is 0 Å². The molecule has 1 amide bonds. The molecular formula is C17H17N5OS. The number of carbonyl (C=O) groups excluding carboxylic acids is 1. The highest BCUT2D eigenvalue weighted by molar-refractivity contribution is 7.98. The highest BCUT2D eigenvalue weighted by atomic mass is 32.2.